The van der Waals surface area contributed by atoms with Crippen LogP contribution < -0.4 is 20.1 Å². The van der Waals surface area contributed by atoms with Gasteiger partial charge in [0.1, 0.15) is 5.75 Å². The summed E-state index contributed by atoms with van der Waals surface area (Å²) < 4.78 is 33.1. The van der Waals surface area contributed by atoms with E-state index in [0.717, 1.165) is 5.69 Å². The molecule has 6 nitrogen and oxygen atoms in total. The molecule has 0 aromatic heterocycles. The number of benzene rings is 3. The van der Waals surface area contributed by atoms with Gasteiger partial charge in [-0.15, -0.1) is 0 Å². The van der Waals surface area contributed by atoms with Crippen LogP contribution in [0.2, 0.25) is 0 Å². The second-order valence-corrected chi connectivity index (χ2v) is 9.28. The number of rotatable bonds is 7. The standard InChI is InChI=1S/C23H25N3O3S2/c1-16(2)17-8-10-18(11-9-17)24-23(30)25-19-12-14-20(15-13-19)31(27,28)26-21-6-4-5-7-22(21)29-3/h4-16,26H,1-3H3,(H2,24,25,30). The highest BCUT2D eigenvalue weighted by molar-refractivity contribution is 7.92. The summed E-state index contributed by atoms with van der Waals surface area (Å²) in [5.74, 6) is 0.911. The lowest BCUT2D eigenvalue weighted by Gasteiger charge is -2.13. The first-order valence-corrected chi connectivity index (χ1v) is 11.6. The summed E-state index contributed by atoms with van der Waals surface area (Å²) in [4.78, 5) is 0.132. The van der Waals surface area contributed by atoms with Gasteiger partial charge in [-0.2, -0.15) is 0 Å². The Morgan fingerprint density at radius 1 is 0.871 bits per heavy atom. The minimum Gasteiger partial charge on any atom is -0.495 e. The molecular formula is C23H25N3O3S2. The van der Waals surface area contributed by atoms with Crippen LogP contribution in [0.1, 0.15) is 25.3 Å². The first-order valence-electron chi connectivity index (χ1n) is 9.72. The van der Waals surface area contributed by atoms with Gasteiger partial charge in [0.25, 0.3) is 10.0 Å². The van der Waals surface area contributed by atoms with Crippen molar-refractivity contribution in [2.24, 2.45) is 0 Å². The number of thiocarbonyl (C=S) groups is 1. The molecule has 0 atom stereocenters. The predicted molar refractivity (Wildman–Crippen MR) is 131 cm³/mol. The van der Waals surface area contributed by atoms with E-state index in [1.807, 2.05) is 12.1 Å². The molecule has 0 saturated heterocycles. The second kappa shape index (κ2) is 9.80. The molecule has 0 fully saturated rings. The summed E-state index contributed by atoms with van der Waals surface area (Å²) in [7, 11) is -2.27. The summed E-state index contributed by atoms with van der Waals surface area (Å²) in [6.45, 7) is 4.29. The van der Waals surface area contributed by atoms with Crippen LogP contribution in [0.3, 0.4) is 0 Å². The average Bonchev–Trinajstić information content (AvgIpc) is 2.74. The van der Waals surface area contributed by atoms with Gasteiger partial charge in [-0.05, 0) is 72.2 Å². The minimum atomic E-state index is -3.76. The third-order valence-electron chi connectivity index (χ3n) is 4.61. The zero-order valence-electron chi connectivity index (χ0n) is 17.5. The molecule has 0 heterocycles. The molecule has 3 aromatic carbocycles. The fourth-order valence-electron chi connectivity index (χ4n) is 2.89. The Morgan fingerprint density at radius 3 is 1.97 bits per heavy atom. The van der Waals surface area contributed by atoms with Crippen LogP contribution in [-0.2, 0) is 10.0 Å². The van der Waals surface area contributed by atoms with Gasteiger partial charge < -0.3 is 15.4 Å². The van der Waals surface area contributed by atoms with E-state index in [4.69, 9.17) is 17.0 Å². The van der Waals surface area contributed by atoms with Gasteiger partial charge in [-0.1, -0.05) is 38.1 Å². The topological polar surface area (TPSA) is 79.5 Å². The molecule has 8 heteroatoms. The van der Waals surface area contributed by atoms with Gasteiger partial charge in [-0.25, -0.2) is 8.42 Å². The second-order valence-electron chi connectivity index (χ2n) is 7.19. The van der Waals surface area contributed by atoms with Crippen molar-refractivity contribution in [1.29, 1.82) is 0 Å². The maximum Gasteiger partial charge on any atom is 0.262 e. The highest BCUT2D eigenvalue weighted by atomic mass is 32.2. The molecule has 3 N–H and O–H groups in total. The van der Waals surface area contributed by atoms with Gasteiger partial charge in [0, 0.05) is 11.4 Å². The summed E-state index contributed by atoms with van der Waals surface area (Å²) in [5, 5.41) is 6.60. The molecule has 0 saturated carbocycles. The molecule has 0 aliphatic heterocycles. The number of hydrogen-bond acceptors (Lipinski definition) is 4. The van der Waals surface area contributed by atoms with Gasteiger partial charge in [0.05, 0.1) is 17.7 Å². The smallest absolute Gasteiger partial charge is 0.262 e. The van der Waals surface area contributed by atoms with Crippen molar-refractivity contribution in [3.63, 3.8) is 0 Å². The summed E-state index contributed by atoms with van der Waals surface area (Å²) in [6, 6.07) is 21.3. The van der Waals surface area contributed by atoms with Crippen LogP contribution in [0, 0.1) is 0 Å². The van der Waals surface area contributed by atoms with Crippen LogP contribution >= 0.6 is 12.2 Å². The highest BCUT2D eigenvalue weighted by Gasteiger charge is 2.16. The van der Waals surface area contributed by atoms with E-state index in [9.17, 15) is 8.42 Å². The molecule has 0 spiro atoms. The number of anilines is 3. The monoisotopic (exact) mass is 455 g/mol. The number of ether oxygens (including phenoxy) is 1. The zero-order valence-corrected chi connectivity index (χ0v) is 19.2. The average molecular weight is 456 g/mol. The van der Waals surface area contributed by atoms with E-state index in [-0.39, 0.29) is 4.90 Å². The Hall–Kier alpha value is -3.10. The van der Waals surface area contributed by atoms with E-state index >= 15 is 0 Å². The Bertz CT molecular complexity index is 1140. The first kappa shape index (κ1) is 22.6. The Labute approximate surface area is 188 Å². The van der Waals surface area contributed by atoms with Crippen molar-refractivity contribution in [3.05, 3.63) is 78.4 Å². The number of methoxy groups -OCH3 is 1. The van der Waals surface area contributed by atoms with E-state index in [1.165, 1.54) is 24.8 Å². The van der Waals surface area contributed by atoms with Crippen LogP contribution in [0.15, 0.2) is 77.7 Å². The molecule has 0 unspecified atom stereocenters. The van der Waals surface area contributed by atoms with Crippen molar-refractivity contribution in [1.82, 2.24) is 0 Å². The third-order valence-corrected chi connectivity index (χ3v) is 6.19. The Morgan fingerprint density at radius 2 is 1.42 bits per heavy atom. The normalized spacial score (nSPS) is 11.1. The number of nitrogens with one attached hydrogen (secondary N) is 3. The zero-order chi connectivity index (χ0) is 22.4. The number of para-hydroxylation sites is 2. The fourth-order valence-corrected chi connectivity index (χ4v) is 4.20. The van der Waals surface area contributed by atoms with Crippen molar-refractivity contribution in [2.45, 2.75) is 24.7 Å². The molecule has 31 heavy (non-hydrogen) atoms. The van der Waals surface area contributed by atoms with Crippen LogP contribution in [-0.4, -0.2) is 20.6 Å². The largest absolute Gasteiger partial charge is 0.495 e. The quantitative estimate of drug-likeness (QED) is 0.412. The Balaban J connectivity index is 1.64. The fraction of sp³-hybridized carbons (Fsp3) is 0.174. The van der Waals surface area contributed by atoms with Gasteiger partial charge in [0.15, 0.2) is 5.11 Å². The summed E-state index contributed by atoms with van der Waals surface area (Å²) >= 11 is 5.36. The Kier molecular flexibility index (Phi) is 7.14. The lowest BCUT2D eigenvalue weighted by Crippen LogP contribution is -2.19. The maximum atomic E-state index is 12.7. The third kappa shape index (κ3) is 5.96. The molecule has 0 aliphatic carbocycles. The van der Waals surface area contributed by atoms with E-state index < -0.39 is 10.0 Å². The number of sulfonamides is 1. The highest BCUT2D eigenvalue weighted by Crippen LogP contribution is 2.26. The first-order chi connectivity index (χ1) is 14.8. The van der Waals surface area contributed by atoms with E-state index in [2.05, 4.69) is 41.3 Å². The van der Waals surface area contributed by atoms with Crippen LogP contribution in [0.25, 0.3) is 0 Å². The summed E-state index contributed by atoms with van der Waals surface area (Å²) in [6.07, 6.45) is 0. The maximum absolute atomic E-state index is 12.7. The van der Waals surface area contributed by atoms with Gasteiger partial charge >= 0.3 is 0 Å². The minimum absolute atomic E-state index is 0.132. The number of hydrogen-bond donors (Lipinski definition) is 3. The molecule has 162 valence electrons. The van der Waals surface area contributed by atoms with Crippen molar-refractivity contribution in [3.8, 4) is 5.75 Å². The van der Waals surface area contributed by atoms with Crippen molar-refractivity contribution in [2.75, 3.05) is 22.5 Å². The summed E-state index contributed by atoms with van der Waals surface area (Å²) in [5.41, 5.74) is 3.18. The van der Waals surface area contributed by atoms with E-state index in [1.54, 1.807) is 36.4 Å². The lowest BCUT2D eigenvalue weighted by atomic mass is 10.0. The molecule has 0 aliphatic rings. The molecule has 3 aromatic rings. The molecular weight excluding hydrogens is 430 g/mol. The molecule has 0 bridgehead atoms. The predicted octanol–water partition coefficient (Wildman–Crippen LogP) is 5.43. The van der Waals surface area contributed by atoms with Gasteiger partial charge in [0.2, 0.25) is 0 Å². The van der Waals surface area contributed by atoms with E-state index in [0.29, 0.717) is 28.2 Å². The van der Waals surface area contributed by atoms with Gasteiger partial charge in [-0.3, -0.25) is 4.72 Å². The molecule has 0 amide bonds. The van der Waals surface area contributed by atoms with Crippen LogP contribution in [0.4, 0.5) is 17.1 Å². The van der Waals surface area contributed by atoms with Crippen molar-refractivity contribution < 1.29 is 13.2 Å². The SMILES string of the molecule is COc1ccccc1NS(=O)(=O)c1ccc(NC(=S)Nc2ccc(C(C)C)cc2)cc1. The van der Waals surface area contributed by atoms with Crippen LogP contribution in [0.5, 0.6) is 5.75 Å². The molecule has 3 rings (SSSR count). The van der Waals surface area contributed by atoms with Crippen molar-refractivity contribution >= 4 is 44.4 Å². The molecule has 0 radical (unpaired) electrons. The lowest BCUT2D eigenvalue weighted by molar-refractivity contribution is 0.417.